The van der Waals surface area contributed by atoms with Gasteiger partial charge in [0.25, 0.3) is 0 Å². The Bertz CT molecular complexity index is 1190. The molecule has 31 heavy (non-hydrogen) atoms. The summed E-state index contributed by atoms with van der Waals surface area (Å²) in [6.07, 6.45) is 7.20. The van der Waals surface area contributed by atoms with Crippen LogP contribution in [0.15, 0.2) is 77.8 Å². The molecular formula is C24H23N5OS. The number of aromatic nitrogens is 3. The van der Waals surface area contributed by atoms with E-state index in [1.807, 2.05) is 48.8 Å². The monoisotopic (exact) mass is 429 g/mol. The van der Waals surface area contributed by atoms with Gasteiger partial charge in [0.05, 0.1) is 42.5 Å². The fourth-order valence-corrected chi connectivity index (χ4v) is 4.76. The maximum atomic E-state index is 5.77. The van der Waals surface area contributed by atoms with Crippen LogP contribution < -0.4 is 5.32 Å². The lowest BCUT2D eigenvalue weighted by atomic mass is 9.96. The molecular weight excluding hydrogens is 406 g/mol. The van der Waals surface area contributed by atoms with Crippen LogP contribution >= 0.6 is 12.2 Å². The van der Waals surface area contributed by atoms with Gasteiger partial charge >= 0.3 is 0 Å². The van der Waals surface area contributed by atoms with Crippen LogP contribution in [-0.4, -0.2) is 24.5 Å². The third-order valence-electron chi connectivity index (χ3n) is 5.80. The van der Waals surface area contributed by atoms with Crippen molar-refractivity contribution in [1.29, 1.82) is 0 Å². The van der Waals surface area contributed by atoms with E-state index in [1.54, 1.807) is 12.5 Å². The van der Waals surface area contributed by atoms with Crippen LogP contribution in [0.5, 0.6) is 0 Å². The van der Waals surface area contributed by atoms with Crippen LogP contribution in [-0.2, 0) is 6.54 Å². The van der Waals surface area contributed by atoms with Crippen molar-refractivity contribution in [1.82, 2.24) is 24.8 Å². The summed E-state index contributed by atoms with van der Waals surface area (Å²) in [6.45, 7) is 4.86. The number of nitrogens with zero attached hydrogens (tertiary/aromatic N) is 4. The van der Waals surface area contributed by atoms with Gasteiger partial charge in [0, 0.05) is 23.8 Å². The fourth-order valence-electron chi connectivity index (χ4n) is 4.46. The normalized spacial score (nSPS) is 18.4. The Morgan fingerprint density at radius 2 is 2.00 bits per heavy atom. The maximum Gasteiger partial charge on any atom is 0.170 e. The van der Waals surface area contributed by atoms with Gasteiger partial charge in [0.1, 0.15) is 5.76 Å². The molecule has 0 bridgehead atoms. The first-order valence-electron chi connectivity index (χ1n) is 10.2. The van der Waals surface area contributed by atoms with Gasteiger partial charge in [-0.05, 0) is 74.1 Å². The Kier molecular flexibility index (Phi) is 5.03. The van der Waals surface area contributed by atoms with E-state index in [-0.39, 0.29) is 12.1 Å². The number of furan rings is 1. The van der Waals surface area contributed by atoms with Crippen LogP contribution in [0, 0.1) is 13.8 Å². The Hall–Kier alpha value is -3.45. The first-order valence-corrected chi connectivity index (χ1v) is 10.6. The number of nitrogens with one attached hydrogen (secondary N) is 1. The molecule has 0 amide bonds. The molecule has 1 aliphatic heterocycles. The zero-order valence-corrected chi connectivity index (χ0v) is 18.2. The first kappa shape index (κ1) is 19.5. The van der Waals surface area contributed by atoms with Crippen LogP contribution in [0.25, 0.3) is 5.69 Å². The zero-order chi connectivity index (χ0) is 21.4. The molecule has 1 fully saturated rings. The van der Waals surface area contributed by atoms with E-state index >= 15 is 0 Å². The van der Waals surface area contributed by atoms with Crippen molar-refractivity contribution in [3.63, 3.8) is 0 Å². The third-order valence-corrected chi connectivity index (χ3v) is 6.15. The molecule has 0 aromatic carbocycles. The average molecular weight is 430 g/mol. The van der Waals surface area contributed by atoms with Crippen LogP contribution in [0.2, 0.25) is 0 Å². The summed E-state index contributed by atoms with van der Waals surface area (Å²) in [6, 6.07) is 16.1. The quantitative estimate of drug-likeness (QED) is 0.466. The molecule has 0 spiro atoms. The number of hydrogen-bond donors (Lipinski definition) is 1. The number of thiocarbonyl (C=S) groups is 1. The molecule has 0 unspecified atom stereocenters. The first-order chi connectivity index (χ1) is 15.1. The third kappa shape index (κ3) is 3.51. The summed E-state index contributed by atoms with van der Waals surface area (Å²) in [5.74, 6) is 0.872. The Labute approximate surface area is 186 Å². The number of aryl methyl sites for hydroxylation is 1. The van der Waals surface area contributed by atoms with E-state index in [4.69, 9.17) is 16.6 Å². The smallest absolute Gasteiger partial charge is 0.170 e. The minimum atomic E-state index is -0.0634. The summed E-state index contributed by atoms with van der Waals surface area (Å²) in [5, 5.41) is 4.21. The van der Waals surface area contributed by atoms with E-state index < -0.39 is 0 Å². The fraction of sp³-hybridized carbons (Fsp3) is 0.208. The molecule has 5 rings (SSSR count). The summed E-state index contributed by atoms with van der Waals surface area (Å²) in [5.41, 5.74) is 5.52. The van der Waals surface area contributed by atoms with Crippen molar-refractivity contribution in [3.05, 3.63) is 102 Å². The van der Waals surface area contributed by atoms with Gasteiger partial charge in [-0.1, -0.05) is 6.07 Å². The van der Waals surface area contributed by atoms with Gasteiger partial charge < -0.3 is 19.2 Å². The molecule has 156 valence electrons. The minimum Gasteiger partial charge on any atom is -0.467 e. The molecule has 1 aliphatic rings. The van der Waals surface area contributed by atoms with Crippen molar-refractivity contribution in [2.24, 2.45) is 0 Å². The zero-order valence-electron chi connectivity index (χ0n) is 17.4. The number of rotatable bonds is 5. The largest absolute Gasteiger partial charge is 0.467 e. The Morgan fingerprint density at radius 3 is 2.71 bits per heavy atom. The van der Waals surface area contributed by atoms with E-state index in [2.05, 4.69) is 50.7 Å². The van der Waals surface area contributed by atoms with Gasteiger partial charge in [0.15, 0.2) is 5.11 Å². The number of hydrogen-bond acceptors (Lipinski definition) is 4. The van der Waals surface area contributed by atoms with Gasteiger partial charge in [-0.3, -0.25) is 9.97 Å². The van der Waals surface area contributed by atoms with Crippen molar-refractivity contribution in [2.75, 3.05) is 0 Å². The SMILES string of the molecule is Cc1cc([C@H]2[C@@H](c3ccccn3)NC(=S)N2Cc2ccco2)c(C)n1-c1cccnc1. The molecule has 4 aromatic heterocycles. The molecule has 1 N–H and O–H groups in total. The van der Waals surface area contributed by atoms with Crippen molar-refractivity contribution < 1.29 is 4.42 Å². The lowest BCUT2D eigenvalue weighted by molar-refractivity contribution is 0.286. The molecule has 0 saturated carbocycles. The molecule has 1 saturated heterocycles. The molecule has 6 nitrogen and oxygen atoms in total. The molecule has 2 atom stereocenters. The lowest BCUT2D eigenvalue weighted by Gasteiger charge is -2.27. The lowest BCUT2D eigenvalue weighted by Crippen LogP contribution is -2.29. The molecule has 0 aliphatic carbocycles. The van der Waals surface area contributed by atoms with E-state index in [1.165, 1.54) is 5.56 Å². The van der Waals surface area contributed by atoms with Gasteiger partial charge in [-0.15, -0.1) is 0 Å². The predicted molar refractivity (Wildman–Crippen MR) is 123 cm³/mol. The van der Waals surface area contributed by atoms with Gasteiger partial charge in [-0.25, -0.2) is 0 Å². The number of pyridine rings is 2. The Morgan fingerprint density at radius 1 is 1.10 bits per heavy atom. The molecule has 5 heterocycles. The Balaban J connectivity index is 1.62. The minimum absolute atomic E-state index is 0.0240. The summed E-state index contributed by atoms with van der Waals surface area (Å²) < 4.78 is 7.88. The second-order valence-electron chi connectivity index (χ2n) is 7.71. The maximum absolute atomic E-state index is 5.77. The van der Waals surface area contributed by atoms with Crippen LogP contribution in [0.1, 0.15) is 40.5 Å². The second kappa shape index (κ2) is 8.00. The van der Waals surface area contributed by atoms with Crippen molar-refractivity contribution in [3.8, 4) is 5.69 Å². The van der Waals surface area contributed by atoms with E-state index in [9.17, 15) is 0 Å². The second-order valence-corrected chi connectivity index (χ2v) is 8.09. The van der Waals surface area contributed by atoms with Crippen molar-refractivity contribution in [2.45, 2.75) is 32.5 Å². The van der Waals surface area contributed by atoms with Crippen molar-refractivity contribution >= 4 is 17.3 Å². The summed E-state index contributed by atoms with van der Waals surface area (Å²) in [7, 11) is 0. The van der Waals surface area contributed by atoms with Crippen LogP contribution in [0.4, 0.5) is 0 Å². The van der Waals surface area contributed by atoms with Gasteiger partial charge in [0.2, 0.25) is 0 Å². The standard InChI is InChI=1S/C24H23N5OS/c1-16-13-20(17(2)29(16)18-7-5-10-25-14-18)23-22(21-9-3-4-11-26-21)27-24(31)28(23)15-19-8-6-12-30-19/h3-14,22-23H,15H2,1-2H3,(H,27,31)/t22-,23+/m1/s1. The highest BCUT2D eigenvalue weighted by Gasteiger charge is 2.41. The summed E-state index contributed by atoms with van der Waals surface area (Å²) in [4.78, 5) is 11.1. The predicted octanol–water partition coefficient (Wildman–Crippen LogP) is 4.65. The molecule has 7 heteroatoms. The van der Waals surface area contributed by atoms with E-state index in [0.29, 0.717) is 11.7 Å². The topological polar surface area (TPSA) is 59.1 Å². The van der Waals surface area contributed by atoms with E-state index in [0.717, 1.165) is 28.5 Å². The molecule has 0 radical (unpaired) electrons. The average Bonchev–Trinajstić information content (AvgIpc) is 3.49. The summed E-state index contributed by atoms with van der Waals surface area (Å²) >= 11 is 5.77. The highest BCUT2D eigenvalue weighted by atomic mass is 32.1. The highest BCUT2D eigenvalue weighted by Crippen LogP contribution is 2.42. The molecule has 4 aromatic rings. The highest BCUT2D eigenvalue weighted by molar-refractivity contribution is 7.80. The van der Waals surface area contributed by atoms with Crippen LogP contribution in [0.3, 0.4) is 0 Å². The van der Waals surface area contributed by atoms with Gasteiger partial charge in [-0.2, -0.15) is 0 Å².